The third-order valence-corrected chi connectivity index (χ3v) is 3.07. The van der Waals surface area contributed by atoms with Crippen LogP contribution in [0.5, 0.6) is 5.75 Å². The molecule has 1 N–H and O–H groups in total. The molecule has 1 saturated heterocycles. The van der Waals surface area contributed by atoms with Gasteiger partial charge in [-0.05, 0) is 33.6 Å². The number of ether oxygens (including phenoxy) is 2. The molecule has 0 bridgehead atoms. The van der Waals surface area contributed by atoms with Gasteiger partial charge in [-0.1, -0.05) is 6.07 Å². The van der Waals surface area contributed by atoms with Gasteiger partial charge in [-0.25, -0.2) is 0 Å². The molecule has 4 nitrogen and oxygen atoms in total. The lowest BCUT2D eigenvalue weighted by molar-refractivity contribution is -0.133. The predicted octanol–water partition coefficient (Wildman–Crippen LogP) is 1.65. The normalized spacial score (nSPS) is 20.4. The standard InChI is InChI=1S/C11H12BrNO3/c1-15-9-3-2-7(4-8(9)12)10-5-13-11(14)6-16-10/h2-4,10H,5-6H2,1H3,(H,13,14)/t10-/m0/s1. The monoisotopic (exact) mass is 285 g/mol. The summed E-state index contributed by atoms with van der Waals surface area (Å²) in [6.45, 7) is 0.631. The first kappa shape index (κ1) is 11.4. The second-order valence-electron chi connectivity index (χ2n) is 3.50. The second kappa shape index (κ2) is 4.84. The van der Waals surface area contributed by atoms with Crippen molar-refractivity contribution in [1.82, 2.24) is 5.32 Å². The maximum atomic E-state index is 10.9. The molecule has 2 rings (SSSR count). The van der Waals surface area contributed by atoms with Gasteiger partial charge in [-0.2, -0.15) is 0 Å². The van der Waals surface area contributed by atoms with E-state index in [1.165, 1.54) is 0 Å². The molecule has 16 heavy (non-hydrogen) atoms. The van der Waals surface area contributed by atoms with Crippen LogP contribution in [0.15, 0.2) is 22.7 Å². The molecular formula is C11H12BrNO3. The van der Waals surface area contributed by atoms with Crippen molar-refractivity contribution in [1.29, 1.82) is 0 Å². The van der Waals surface area contributed by atoms with E-state index in [0.29, 0.717) is 6.54 Å². The smallest absolute Gasteiger partial charge is 0.246 e. The summed E-state index contributed by atoms with van der Waals surface area (Å²) in [4.78, 5) is 10.9. The number of benzene rings is 1. The van der Waals surface area contributed by atoms with Crippen LogP contribution in [0.4, 0.5) is 0 Å². The van der Waals surface area contributed by atoms with Crippen LogP contribution in [0.25, 0.3) is 0 Å². The summed E-state index contributed by atoms with van der Waals surface area (Å²) in [7, 11) is 1.62. The van der Waals surface area contributed by atoms with Crippen molar-refractivity contribution >= 4 is 21.8 Å². The molecule has 86 valence electrons. The number of morpholine rings is 1. The quantitative estimate of drug-likeness (QED) is 0.899. The largest absolute Gasteiger partial charge is 0.496 e. The molecule has 5 heteroatoms. The average Bonchev–Trinajstić information content (AvgIpc) is 2.30. The average molecular weight is 286 g/mol. The SMILES string of the molecule is COc1ccc([C@@H]2CNC(=O)CO2)cc1Br. The summed E-state index contributed by atoms with van der Waals surface area (Å²) in [5.74, 6) is 0.715. The lowest BCUT2D eigenvalue weighted by Crippen LogP contribution is -2.38. The molecule has 0 unspecified atom stereocenters. The molecule has 0 radical (unpaired) electrons. The highest BCUT2D eigenvalue weighted by Gasteiger charge is 2.20. The Kier molecular flexibility index (Phi) is 3.46. The third kappa shape index (κ3) is 2.36. The fourth-order valence-electron chi connectivity index (χ4n) is 1.59. The molecular weight excluding hydrogens is 274 g/mol. The van der Waals surface area contributed by atoms with E-state index in [9.17, 15) is 4.79 Å². The van der Waals surface area contributed by atoms with E-state index < -0.39 is 0 Å². The zero-order chi connectivity index (χ0) is 11.5. The maximum Gasteiger partial charge on any atom is 0.246 e. The Hall–Kier alpha value is -1.07. The molecule has 1 heterocycles. The van der Waals surface area contributed by atoms with Crippen molar-refractivity contribution in [2.75, 3.05) is 20.3 Å². The van der Waals surface area contributed by atoms with E-state index in [1.807, 2.05) is 18.2 Å². The number of amides is 1. The minimum Gasteiger partial charge on any atom is -0.496 e. The van der Waals surface area contributed by atoms with Gasteiger partial charge in [-0.3, -0.25) is 4.79 Å². The van der Waals surface area contributed by atoms with Crippen LogP contribution < -0.4 is 10.1 Å². The summed E-state index contributed by atoms with van der Waals surface area (Å²) >= 11 is 3.42. The molecule has 0 spiro atoms. The van der Waals surface area contributed by atoms with Crippen molar-refractivity contribution in [2.24, 2.45) is 0 Å². The van der Waals surface area contributed by atoms with Gasteiger partial charge in [0.15, 0.2) is 0 Å². The van der Waals surface area contributed by atoms with Gasteiger partial charge in [0.05, 0.1) is 11.6 Å². The Bertz CT molecular complexity index is 398. The first-order chi connectivity index (χ1) is 7.70. The molecule has 0 aliphatic carbocycles. The van der Waals surface area contributed by atoms with E-state index in [1.54, 1.807) is 7.11 Å². The molecule has 1 aliphatic heterocycles. The molecule has 1 atom stereocenters. The van der Waals surface area contributed by atoms with Crippen LogP contribution in [-0.4, -0.2) is 26.2 Å². The van der Waals surface area contributed by atoms with Crippen molar-refractivity contribution < 1.29 is 14.3 Å². The first-order valence-corrected chi connectivity index (χ1v) is 5.71. The molecule has 1 aromatic carbocycles. The number of hydrogen-bond acceptors (Lipinski definition) is 3. The fraction of sp³-hybridized carbons (Fsp3) is 0.364. The van der Waals surface area contributed by atoms with E-state index >= 15 is 0 Å². The maximum absolute atomic E-state index is 10.9. The van der Waals surface area contributed by atoms with Crippen molar-refractivity contribution in [3.63, 3.8) is 0 Å². The topological polar surface area (TPSA) is 47.6 Å². The van der Waals surface area contributed by atoms with Gasteiger partial charge in [-0.15, -0.1) is 0 Å². The lowest BCUT2D eigenvalue weighted by atomic mass is 10.1. The molecule has 0 aromatic heterocycles. The number of carbonyl (C=O) groups excluding carboxylic acids is 1. The Balaban J connectivity index is 2.15. The van der Waals surface area contributed by atoms with Crippen molar-refractivity contribution in [2.45, 2.75) is 6.10 Å². The summed E-state index contributed by atoms with van der Waals surface area (Å²) in [6, 6.07) is 5.76. The number of halogens is 1. The Morgan fingerprint density at radius 3 is 2.94 bits per heavy atom. The van der Waals surface area contributed by atoms with Crippen LogP contribution in [0, 0.1) is 0 Å². The Morgan fingerprint density at radius 1 is 1.56 bits per heavy atom. The minimum absolute atomic E-state index is 0.0659. The summed E-state index contributed by atoms with van der Waals surface area (Å²) in [5.41, 5.74) is 1.02. The Morgan fingerprint density at radius 2 is 2.38 bits per heavy atom. The van der Waals surface area contributed by atoms with Gasteiger partial charge in [0, 0.05) is 6.54 Å². The zero-order valence-corrected chi connectivity index (χ0v) is 10.4. The predicted molar refractivity (Wildman–Crippen MR) is 62.4 cm³/mol. The van der Waals surface area contributed by atoms with Crippen LogP contribution in [0.3, 0.4) is 0 Å². The Labute approximate surface area is 102 Å². The van der Waals surface area contributed by atoms with Crippen LogP contribution in [0.1, 0.15) is 11.7 Å². The van der Waals surface area contributed by atoms with E-state index in [-0.39, 0.29) is 18.6 Å². The van der Waals surface area contributed by atoms with Crippen LogP contribution >= 0.6 is 15.9 Å². The number of nitrogens with one attached hydrogen (secondary N) is 1. The van der Waals surface area contributed by atoms with Gasteiger partial charge in [0.2, 0.25) is 5.91 Å². The first-order valence-electron chi connectivity index (χ1n) is 4.92. The lowest BCUT2D eigenvalue weighted by Gasteiger charge is -2.23. The van der Waals surface area contributed by atoms with E-state index in [4.69, 9.17) is 9.47 Å². The number of rotatable bonds is 2. The minimum atomic E-state index is -0.0834. The molecule has 1 aromatic rings. The molecule has 0 saturated carbocycles. The van der Waals surface area contributed by atoms with Gasteiger partial charge in [0.1, 0.15) is 18.5 Å². The molecule has 1 fully saturated rings. The molecule has 1 aliphatic rings. The number of carbonyl (C=O) groups is 1. The van der Waals surface area contributed by atoms with Crippen LogP contribution in [-0.2, 0) is 9.53 Å². The van der Waals surface area contributed by atoms with Gasteiger partial charge in [0.25, 0.3) is 0 Å². The van der Waals surface area contributed by atoms with Gasteiger partial charge < -0.3 is 14.8 Å². The third-order valence-electron chi connectivity index (χ3n) is 2.45. The summed E-state index contributed by atoms with van der Waals surface area (Å²) < 4.78 is 11.5. The van der Waals surface area contributed by atoms with E-state index in [2.05, 4.69) is 21.2 Å². The highest BCUT2D eigenvalue weighted by Crippen LogP contribution is 2.29. The highest BCUT2D eigenvalue weighted by molar-refractivity contribution is 9.10. The summed E-state index contributed by atoms with van der Waals surface area (Å²) in [6.07, 6.45) is -0.0834. The van der Waals surface area contributed by atoms with Gasteiger partial charge >= 0.3 is 0 Å². The van der Waals surface area contributed by atoms with Crippen molar-refractivity contribution in [3.8, 4) is 5.75 Å². The zero-order valence-electron chi connectivity index (χ0n) is 8.83. The number of hydrogen-bond donors (Lipinski definition) is 1. The highest BCUT2D eigenvalue weighted by atomic mass is 79.9. The summed E-state index contributed by atoms with van der Waals surface area (Å²) in [5, 5.41) is 2.77. The van der Waals surface area contributed by atoms with Crippen LogP contribution in [0.2, 0.25) is 0 Å². The second-order valence-corrected chi connectivity index (χ2v) is 4.35. The van der Waals surface area contributed by atoms with E-state index in [0.717, 1.165) is 15.8 Å². The van der Waals surface area contributed by atoms with Crippen molar-refractivity contribution in [3.05, 3.63) is 28.2 Å². The fourth-order valence-corrected chi connectivity index (χ4v) is 2.15. The molecule has 1 amide bonds. The number of methoxy groups -OCH3 is 1.